The third-order valence-corrected chi connectivity index (χ3v) is 10.4. The lowest BCUT2D eigenvalue weighted by Gasteiger charge is -2.25. The highest BCUT2D eigenvalue weighted by atomic mass is 31.1. The average molecular weight is 514 g/mol. The van der Waals surface area contributed by atoms with E-state index in [2.05, 4.69) is 97.1 Å². The molecule has 4 atom stereocenters. The van der Waals surface area contributed by atoms with Crippen molar-refractivity contribution < 1.29 is 18.5 Å². The van der Waals surface area contributed by atoms with Crippen LogP contribution < -0.4 is 21.2 Å². The standard InChI is InChI=1S/C30H28O4P2/c1-5-13-23(14-6-1)35(24-15-7-2-8-16-24)33-27-21-31-30-28(22-32-29(27)30)34-36(25-17-9-3-10-18-25)26-19-11-4-12-20-26/h1-20,27-30H,21-22H2/t27-,28-,29-,30-/m1/s1. The van der Waals surface area contributed by atoms with Crippen molar-refractivity contribution in [1.29, 1.82) is 0 Å². The molecule has 36 heavy (non-hydrogen) atoms. The van der Waals surface area contributed by atoms with Gasteiger partial charge in [0.2, 0.25) is 0 Å². The predicted octanol–water partition coefficient (Wildman–Crippen LogP) is 4.65. The first-order chi connectivity index (χ1) is 17.9. The van der Waals surface area contributed by atoms with Crippen LogP contribution >= 0.6 is 16.3 Å². The van der Waals surface area contributed by atoms with E-state index < -0.39 is 16.3 Å². The van der Waals surface area contributed by atoms with E-state index in [1.54, 1.807) is 0 Å². The predicted molar refractivity (Wildman–Crippen MR) is 147 cm³/mol. The van der Waals surface area contributed by atoms with Crippen molar-refractivity contribution in [2.75, 3.05) is 13.2 Å². The van der Waals surface area contributed by atoms with Gasteiger partial charge in [0, 0.05) is 21.2 Å². The molecule has 2 saturated heterocycles. The van der Waals surface area contributed by atoms with Crippen LogP contribution in [0.1, 0.15) is 0 Å². The SMILES string of the molecule is c1ccc(P(O[C@@H]2CO[C@H]3[C@@H]2OC[C@H]3OP(c2ccccc2)c2ccccc2)c2ccccc2)cc1. The molecular weight excluding hydrogens is 486 g/mol. The average Bonchev–Trinajstić information content (AvgIpc) is 3.55. The largest absolute Gasteiger partial charge is 0.370 e. The third kappa shape index (κ3) is 5.17. The second-order valence-corrected chi connectivity index (χ2v) is 12.5. The Morgan fingerprint density at radius 1 is 0.444 bits per heavy atom. The van der Waals surface area contributed by atoms with Crippen molar-refractivity contribution in [2.24, 2.45) is 0 Å². The van der Waals surface area contributed by atoms with Crippen LogP contribution in [0.5, 0.6) is 0 Å². The lowest BCUT2D eigenvalue weighted by Crippen LogP contribution is -2.34. The molecule has 182 valence electrons. The Morgan fingerprint density at radius 2 is 0.722 bits per heavy atom. The van der Waals surface area contributed by atoms with Crippen LogP contribution in [-0.4, -0.2) is 37.6 Å². The van der Waals surface area contributed by atoms with Crippen LogP contribution in [0, 0.1) is 0 Å². The van der Waals surface area contributed by atoms with Gasteiger partial charge in [-0.1, -0.05) is 121 Å². The maximum Gasteiger partial charge on any atom is 0.115 e. The lowest BCUT2D eigenvalue weighted by atomic mass is 10.1. The molecule has 2 aliphatic rings. The van der Waals surface area contributed by atoms with Crippen molar-refractivity contribution in [3.05, 3.63) is 121 Å². The molecule has 2 aliphatic heterocycles. The summed E-state index contributed by atoms with van der Waals surface area (Å²) in [6.45, 7) is 1.00. The Hall–Kier alpha value is -2.42. The Balaban J connectivity index is 1.20. The van der Waals surface area contributed by atoms with Crippen molar-refractivity contribution in [1.82, 2.24) is 0 Å². The summed E-state index contributed by atoms with van der Waals surface area (Å²) < 4.78 is 26.2. The summed E-state index contributed by atoms with van der Waals surface area (Å²) in [4.78, 5) is 0. The molecule has 0 amide bonds. The Bertz CT molecular complexity index is 1050. The minimum Gasteiger partial charge on any atom is -0.370 e. The zero-order valence-electron chi connectivity index (χ0n) is 19.8. The smallest absolute Gasteiger partial charge is 0.115 e. The molecule has 0 radical (unpaired) electrons. The molecule has 0 aliphatic carbocycles. The van der Waals surface area contributed by atoms with Gasteiger partial charge in [-0.3, -0.25) is 0 Å². The van der Waals surface area contributed by atoms with E-state index in [9.17, 15) is 0 Å². The Kier molecular flexibility index (Phi) is 7.53. The van der Waals surface area contributed by atoms with Gasteiger partial charge in [-0.2, -0.15) is 0 Å². The molecule has 6 rings (SSSR count). The molecule has 2 fully saturated rings. The first-order valence-corrected chi connectivity index (χ1v) is 14.8. The van der Waals surface area contributed by atoms with Gasteiger partial charge in [-0.05, 0) is 0 Å². The summed E-state index contributed by atoms with van der Waals surface area (Å²) in [7, 11) is -1.97. The molecule has 0 aromatic heterocycles. The van der Waals surface area contributed by atoms with Gasteiger partial charge in [0.25, 0.3) is 0 Å². The zero-order valence-corrected chi connectivity index (χ0v) is 21.6. The van der Waals surface area contributed by atoms with Gasteiger partial charge in [0.05, 0.1) is 29.5 Å². The van der Waals surface area contributed by atoms with Gasteiger partial charge in [0.15, 0.2) is 0 Å². The Labute approximate surface area is 214 Å². The van der Waals surface area contributed by atoms with Crippen molar-refractivity contribution >= 4 is 37.5 Å². The number of ether oxygens (including phenoxy) is 2. The molecule has 0 saturated carbocycles. The number of fused-ring (bicyclic) bond motifs is 1. The molecule has 0 bridgehead atoms. The Morgan fingerprint density at radius 3 is 1.00 bits per heavy atom. The first-order valence-electron chi connectivity index (χ1n) is 12.2. The number of hydrogen-bond donors (Lipinski definition) is 0. The summed E-state index contributed by atoms with van der Waals surface area (Å²) >= 11 is 0. The fraction of sp³-hybridized carbons (Fsp3) is 0.200. The maximum absolute atomic E-state index is 6.78. The van der Waals surface area contributed by atoms with Gasteiger partial charge in [-0.15, -0.1) is 0 Å². The minimum absolute atomic E-state index is 0.143. The molecule has 2 heterocycles. The fourth-order valence-electron chi connectivity index (χ4n) is 4.68. The zero-order chi connectivity index (χ0) is 24.2. The van der Waals surface area contributed by atoms with E-state index in [4.69, 9.17) is 18.5 Å². The highest BCUT2D eigenvalue weighted by Crippen LogP contribution is 2.44. The number of rotatable bonds is 8. The van der Waals surface area contributed by atoms with Crippen molar-refractivity contribution in [3.8, 4) is 0 Å². The topological polar surface area (TPSA) is 36.9 Å². The minimum atomic E-state index is -0.986. The second kappa shape index (κ2) is 11.3. The highest BCUT2D eigenvalue weighted by molar-refractivity contribution is 7.68. The van der Waals surface area contributed by atoms with E-state index in [0.29, 0.717) is 13.2 Å². The van der Waals surface area contributed by atoms with E-state index in [1.807, 2.05) is 24.3 Å². The number of hydrogen-bond acceptors (Lipinski definition) is 4. The molecule has 4 nitrogen and oxygen atoms in total. The van der Waals surface area contributed by atoms with E-state index in [0.717, 1.165) is 0 Å². The van der Waals surface area contributed by atoms with Crippen LogP contribution in [0.2, 0.25) is 0 Å². The molecule has 0 unspecified atom stereocenters. The van der Waals surface area contributed by atoms with Gasteiger partial charge >= 0.3 is 0 Å². The molecule has 0 N–H and O–H groups in total. The summed E-state index contributed by atoms with van der Waals surface area (Å²) in [5, 5.41) is 4.74. The van der Waals surface area contributed by atoms with Gasteiger partial charge in [0.1, 0.15) is 24.4 Å². The van der Waals surface area contributed by atoms with E-state index in [1.165, 1.54) is 21.2 Å². The summed E-state index contributed by atoms with van der Waals surface area (Å²) in [6.07, 6.45) is -0.573. The summed E-state index contributed by atoms with van der Waals surface area (Å²) in [5.41, 5.74) is 0. The normalized spacial score (nSPS) is 23.3. The molecule has 4 aromatic carbocycles. The van der Waals surface area contributed by atoms with Crippen LogP contribution in [0.25, 0.3) is 0 Å². The summed E-state index contributed by atoms with van der Waals surface area (Å²) in [5.74, 6) is 0. The van der Waals surface area contributed by atoms with Crippen LogP contribution in [0.4, 0.5) is 0 Å². The highest BCUT2D eigenvalue weighted by Gasteiger charge is 2.50. The molecule has 0 spiro atoms. The van der Waals surface area contributed by atoms with Crippen molar-refractivity contribution in [2.45, 2.75) is 24.4 Å². The van der Waals surface area contributed by atoms with Crippen molar-refractivity contribution in [3.63, 3.8) is 0 Å². The van der Waals surface area contributed by atoms with Crippen LogP contribution in [0.15, 0.2) is 121 Å². The lowest BCUT2D eigenvalue weighted by molar-refractivity contribution is 0.0266. The summed E-state index contributed by atoms with van der Waals surface area (Å²) in [6, 6.07) is 41.8. The van der Waals surface area contributed by atoms with Gasteiger partial charge < -0.3 is 18.5 Å². The molecular formula is C30H28O4P2. The second-order valence-electron chi connectivity index (χ2n) is 8.81. The van der Waals surface area contributed by atoms with E-state index in [-0.39, 0.29) is 24.4 Å². The van der Waals surface area contributed by atoms with Crippen LogP contribution in [0.3, 0.4) is 0 Å². The van der Waals surface area contributed by atoms with Gasteiger partial charge in [-0.25, -0.2) is 0 Å². The molecule has 6 heteroatoms. The van der Waals surface area contributed by atoms with E-state index >= 15 is 0 Å². The van der Waals surface area contributed by atoms with Crippen LogP contribution in [-0.2, 0) is 18.5 Å². The molecule has 4 aromatic rings. The third-order valence-electron chi connectivity index (χ3n) is 6.41. The monoisotopic (exact) mass is 514 g/mol. The fourth-order valence-corrected chi connectivity index (χ4v) is 8.43. The number of benzene rings is 4. The quantitative estimate of drug-likeness (QED) is 0.321. The first kappa shape index (κ1) is 23.9. The maximum atomic E-state index is 6.78.